The van der Waals surface area contributed by atoms with Crippen LogP contribution in [0, 0.1) is 12.7 Å². The molecule has 1 rings (SSSR count). The van der Waals surface area contributed by atoms with Crippen LogP contribution in [-0.2, 0) is 0 Å². The summed E-state index contributed by atoms with van der Waals surface area (Å²) in [6.45, 7) is 4.67. The van der Waals surface area contributed by atoms with Crippen LogP contribution in [0.25, 0.3) is 0 Å². The first-order chi connectivity index (χ1) is 6.24. The Bertz CT molecular complexity index is 271. The normalized spacial score (nSPS) is 10.1. The summed E-state index contributed by atoms with van der Waals surface area (Å²) in [5, 5.41) is 0. The third-order valence-corrected chi connectivity index (χ3v) is 1.89. The zero-order valence-corrected chi connectivity index (χ0v) is 8.14. The van der Waals surface area contributed by atoms with E-state index >= 15 is 0 Å². The Labute approximate surface area is 78.5 Å². The van der Waals surface area contributed by atoms with Gasteiger partial charge >= 0.3 is 0 Å². The first-order valence-electron chi connectivity index (χ1n) is 4.63. The van der Waals surface area contributed by atoms with Gasteiger partial charge in [-0.1, -0.05) is 13.3 Å². The molecule has 72 valence electrons. The molecule has 1 aromatic rings. The van der Waals surface area contributed by atoms with Crippen molar-refractivity contribution in [1.82, 2.24) is 0 Å². The van der Waals surface area contributed by atoms with Gasteiger partial charge in [0.2, 0.25) is 0 Å². The highest BCUT2D eigenvalue weighted by molar-refractivity contribution is 5.32. The predicted molar refractivity (Wildman–Crippen MR) is 51.5 cm³/mol. The fourth-order valence-electron chi connectivity index (χ4n) is 1.10. The van der Waals surface area contributed by atoms with Gasteiger partial charge in [0.1, 0.15) is 11.6 Å². The van der Waals surface area contributed by atoms with Gasteiger partial charge in [-0.05, 0) is 37.1 Å². The lowest BCUT2D eigenvalue weighted by Gasteiger charge is -2.07. The van der Waals surface area contributed by atoms with Crippen molar-refractivity contribution in [1.29, 1.82) is 0 Å². The minimum Gasteiger partial charge on any atom is -0.493 e. The number of aryl methyl sites for hydroxylation is 1. The van der Waals surface area contributed by atoms with E-state index in [4.69, 9.17) is 4.74 Å². The zero-order valence-electron chi connectivity index (χ0n) is 8.14. The van der Waals surface area contributed by atoms with Crippen LogP contribution in [0.3, 0.4) is 0 Å². The molecular formula is C11H15FO. The third-order valence-electron chi connectivity index (χ3n) is 1.89. The molecule has 0 unspecified atom stereocenters. The molecular weight excluding hydrogens is 167 g/mol. The topological polar surface area (TPSA) is 9.23 Å². The maximum Gasteiger partial charge on any atom is 0.123 e. The largest absolute Gasteiger partial charge is 0.493 e. The van der Waals surface area contributed by atoms with Gasteiger partial charge in [-0.25, -0.2) is 4.39 Å². The van der Waals surface area contributed by atoms with E-state index in [1.165, 1.54) is 12.1 Å². The average molecular weight is 182 g/mol. The second-order valence-corrected chi connectivity index (χ2v) is 3.11. The summed E-state index contributed by atoms with van der Waals surface area (Å²) in [4.78, 5) is 0. The van der Waals surface area contributed by atoms with Crippen molar-refractivity contribution in [2.24, 2.45) is 0 Å². The summed E-state index contributed by atoms with van der Waals surface area (Å²) < 4.78 is 18.1. The Morgan fingerprint density at radius 1 is 1.38 bits per heavy atom. The molecule has 0 saturated heterocycles. The van der Waals surface area contributed by atoms with E-state index in [0.29, 0.717) is 6.61 Å². The van der Waals surface area contributed by atoms with Crippen LogP contribution < -0.4 is 4.74 Å². The highest BCUT2D eigenvalue weighted by atomic mass is 19.1. The SMILES string of the molecule is CCCCOc1ccc(F)cc1C. The molecule has 0 spiro atoms. The molecule has 0 aliphatic carbocycles. The Kier molecular flexibility index (Phi) is 3.74. The molecule has 0 fully saturated rings. The first-order valence-corrected chi connectivity index (χ1v) is 4.63. The highest BCUT2D eigenvalue weighted by Gasteiger charge is 1.99. The van der Waals surface area contributed by atoms with Crippen LogP contribution in [0.15, 0.2) is 18.2 Å². The maximum absolute atomic E-state index is 12.7. The molecule has 1 aromatic carbocycles. The van der Waals surface area contributed by atoms with Gasteiger partial charge in [0, 0.05) is 0 Å². The Morgan fingerprint density at radius 3 is 2.77 bits per heavy atom. The monoisotopic (exact) mass is 182 g/mol. The minimum atomic E-state index is -0.208. The summed E-state index contributed by atoms with van der Waals surface area (Å²) in [6, 6.07) is 4.59. The molecule has 0 saturated carbocycles. The van der Waals surface area contributed by atoms with Crippen LogP contribution in [0.2, 0.25) is 0 Å². The molecule has 0 aromatic heterocycles. The molecule has 0 aliphatic rings. The van der Waals surface area contributed by atoms with Crippen molar-refractivity contribution in [3.05, 3.63) is 29.6 Å². The smallest absolute Gasteiger partial charge is 0.123 e. The van der Waals surface area contributed by atoms with Gasteiger partial charge in [-0.3, -0.25) is 0 Å². The maximum atomic E-state index is 12.7. The number of hydrogen-bond donors (Lipinski definition) is 0. The summed E-state index contributed by atoms with van der Waals surface area (Å²) in [5.41, 5.74) is 0.858. The summed E-state index contributed by atoms with van der Waals surface area (Å²) >= 11 is 0. The van der Waals surface area contributed by atoms with E-state index in [1.54, 1.807) is 6.07 Å². The van der Waals surface area contributed by atoms with Crippen LogP contribution in [0.4, 0.5) is 4.39 Å². The predicted octanol–water partition coefficient (Wildman–Crippen LogP) is 3.31. The van der Waals surface area contributed by atoms with E-state index in [1.807, 2.05) is 6.92 Å². The number of ether oxygens (including phenoxy) is 1. The molecule has 0 atom stereocenters. The molecule has 0 bridgehead atoms. The van der Waals surface area contributed by atoms with E-state index in [2.05, 4.69) is 6.92 Å². The van der Waals surface area contributed by atoms with E-state index in [-0.39, 0.29) is 5.82 Å². The molecule has 1 nitrogen and oxygen atoms in total. The van der Waals surface area contributed by atoms with Crippen LogP contribution >= 0.6 is 0 Å². The zero-order chi connectivity index (χ0) is 9.68. The molecule has 13 heavy (non-hydrogen) atoms. The molecule has 0 aliphatic heterocycles. The number of rotatable bonds is 4. The average Bonchev–Trinajstić information content (AvgIpc) is 2.09. The Hall–Kier alpha value is -1.05. The van der Waals surface area contributed by atoms with Crippen molar-refractivity contribution in [2.75, 3.05) is 6.61 Å². The van der Waals surface area contributed by atoms with Crippen molar-refractivity contribution in [2.45, 2.75) is 26.7 Å². The number of hydrogen-bond acceptors (Lipinski definition) is 1. The molecule has 0 amide bonds. The lowest BCUT2D eigenvalue weighted by molar-refractivity contribution is 0.307. The van der Waals surface area contributed by atoms with E-state index in [0.717, 1.165) is 24.2 Å². The fourth-order valence-corrected chi connectivity index (χ4v) is 1.10. The highest BCUT2D eigenvalue weighted by Crippen LogP contribution is 2.18. The van der Waals surface area contributed by atoms with Gasteiger partial charge < -0.3 is 4.74 Å². The van der Waals surface area contributed by atoms with Gasteiger partial charge in [0.15, 0.2) is 0 Å². The second kappa shape index (κ2) is 4.85. The van der Waals surface area contributed by atoms with Gasteiger partial charge in [-0.2, -0.15) is 0 Å². The third kappa shape index (κ3) is 3.05. The van der Waals surface area contributed by atoms with Crippen molar-refractivity contribution >= 4 is 0 Å². The van der Waals surface area contributed by atoms with Gasteiger partial charge in [0.25, 0.3) is 0 Å². The van der Waals surface area contributed by atoms with Crippen molar-refractivity contribution in [3.63, 3.8) is 0 Å². The lowest BCUT2D eigenvalue weighted by atomic mass is 10.2. The molecule has 2 heteroatoms. The van der Waals surface area contributed by atoms with Crippen molar-refractivity contribution < 1.29 is 9.13 Å². The minimum absolute atomic E-state index is 0.208. The fraction of sp³-hybridized carbons (Fsp3) is 0.455. The van der Waals surface area contributed by atoms with Gasteiger partial charge in [-0.15, -0.1) is 0 Å². The van der Waals surface area contributed by atoms with Crippen LogP contribution in [-0.4, -0.2) is 6.61 Å². The number of halogens is 1. The number of unbranched alkanes of at least 4 members (excludes halogenated alkanes) is 1. The Morgan fingerprint density at radius 2 is 2.15 bits per heavy atom. The van der Waals surface area contributed by atoms with E-state index in [9.17, 15) is 4.39 Å². The summed E-state index contributed by atoms with van der Waals surface area (Å²) in [6.07, 6.45) is 2.15. The number of benzene rings is 1. The second-order valence-electron chi connectivity index (χ2n) is 3.11. The van der Waals surface area contributed by atoms with Crippen molar-refractivity contribution in [3.8, 4) is 5.75 Å². The summed E-state index contributed by atoms with van der Waals surface area (Å²) in [7, 11) is 0. The first kappa shape index (κ1) is 10.0. The standard InChI is InChI=1S/C11H15FO/c1-3-4-7-13-11-6-5-10(12)8-9(11)2/h5-6,8H,3-4,7H2,1-2H3. The lowest BCUT2D eigenvalue weighted by Crippen LogP contribution is -1.98. The van der Waals surface area contributed by atoms with Gasteiger partial charge in [0.05, 0.1) is 6.61 Å². The molecule has 0 N–H and O–H groups in total. The summed E-state index contributed by atoms with van der Waals surface area (Å²) in [5.74, 6) is 0.579. The van der Waals surface area contributed by atoms with Crippen LogP contribution in [0.5, 0.6) is 5.75 Å². The quantitative estimate of drug-likeness (QED) is 0.649. The Balaban J connectivity index is 2.56. The molecule has 0 heterocycles. The van der Waals surface area contributed by atoms with E-state index < -0.39 is 0 Å². The molecule has 0 radical (unpaired) electrons. The van der Waals surface area contributed by atoms with Crippen LogP contribution in [0.1, 0.15) is 25.3 Å².